The van der Waals surface area contributed by atoms with Gasteiger partial charge in [-0.05, 0) is 37.3 Å². The van der Waals surface area contributed by atoms with Crippen molar-refractivity contribution in [3.8, 4) is 23.0 Å². The molecule has 0 saturated heterocycles. The van der Waals surface area contributed by atoms with E-state index in [0.29, 0.717) is 20.3 Å². The molecule has 0 aliphatic rings. The lowest BCUT2D eigenvalue weighted by Gasteiger charge is -2.16. The van der Waals surface area contributed by atoms with Gasteiger partial charge in [0.05, 0.1) is 24.5 Å². The molecule has 0 aliphatic carbocycles. The SMILES string of the molecule is C[C@H](O)c1nc(Cn2c(C#N)c(-c3ccc(Cl)cc3)n(CC(O)C(F)(F)F)c2=O)nn1-c1cccc(Cl)c1. The molecule has 2 N–H and O–H groups in total. The monoisotopic (exact) mass is 566 g/mol. The van der Waals surface area contributed by atoms with Gasteiger partial charge in [0.2, 0.25) is 0 Å². The van der Waals surface area contributed by atoms with Gasteiger partial charge in [0, 0.05) is 15.6 Å². The molecule has 0 amide bonds. The summed E-state index contributed by atoms with van der Waals surface area (Å²) in [5.41, 5.74) is -0.703. The maximum Gasteiger partial charge on any atom is 0.416 e. The Bertz CT molecular complexity index is 1570. The van der Waals surface area contributed by atoms with Crippen molar-refractivity contribution in [1.82, 2.24) is 23.9 Å². The zero-order chi connectivity index (χ0) is 27.8. The number of nitrogens with zero attached hydrogens (tertiary/aromatic N) is 6. The van der Waals surface area contributed by atoms with Gasteiger partial charge in [-0.3, -0.25) is 9.13 Å². The molecule has 0 saturated carbocycles. The molecule has 38 heavy (non-hydrogen) atoms. The summed E-state index contributed by atoms with van der Waals surface area (Å²) in [5.74, 6) is 0.106. The van der Waals surface area contributed by atoms with Gasteiger partial charge >= 0.3 is 11.9 Å². The first-order valence-corrected chi connectivity index (χ1v) is 11.8. The highest BCUT2D eigenvalue weighted by atomic mass is 35.5. The van der Waals surface area contributed by atoms with E-state index in [0.717, 1.165) is 4.57 Å². The molecule has 4 aromatic rings. The number of nitriles is 1. The summed E-state index contributed by atoms with van der Waals surface area (Å²) in [7, 11) is 0. The number of aliphatic hydroxyl groups excluding tert-OH is 2. The number of rotatable bonds is 7. The molecule has 0 spiro atoms. The molecule has 0 aliphatic heterocycles. The zero-order valence-corrected chi connectivity index (χ0v) is 21.1. The molecule has 14 heteroatoms. The van der Waals surface area contributed by atoms with Crippen LogP contribution in [-0.2, 0) is 13.1 Å². The highest BCUT2D eigenvalue weighted by molar-refractivity contribution is 6.31. The summed E-state index contributed by atoms with van der Waals surface area (Å²) >= 11 is 12.0. The first-order chi connectivity index (χ1) is 17.9. The largest absolute Gasteiger partial charge is 0.416 e. The fraction of sp³-hybridized carbons (Fsp3) is 0.250. The van der Waals surface area contributed by atoms with Gasteiger partial charge in [0.1, 0.15) is 17.9 Å². The van der Waals surface area contributed by atoms with Crippen LogP contribution in [0.5, 0.6) is 0 Å². The molecule has 0 bridgehead atoms. The Morgan fingerprint density at radius 2 is 1.76 bits per heavy atom. The smallest absolute Gasteiger partial charge is 0.385 e. The van der Waals surface area contributed by atoms with Crippen molar-refractivity contribution in [3.05, 3.63) is 86.4 Å². The minimum absolute atomic E-state index is 0.00403. The van der Waals surface area contributed by atoms with Gasteiger partial charge < -0.3 is 10.2 Å². The number of hydrogen-bond acceptors (Lipinski definition) is 6. The fourth-order valence-electron chi connectivity index (χ4n) is 3.84. The normalized spacial score (nSPS) is 13.3. The van der Waals surface area contributed by atoms with Crippen LogP contribution in [-0.4, -0.2) is 46.4 Å². The predicted octanol–water partition coefficient (Wildman–Crippen LogP) is 4.10. The van der Waals surface area contributed by atoms with Crippen molar-refractivity contribution in [2.75, 3.05) is 0 Å². The molecular formula is C24H19Cl2F3N6O3. The van der Waals surface area contributed by atoms with Crippen LogP contribution in [0, 0.1) is 11.3 Å². The van der Waals surface area contributed by atoms with Crippen molar-refractivity contribution in [3.63, 3.8) is 0 Å². The average Bonchev–Trinajstić information content (AvgIpc) is 3.39. The molecule has 4 rings (SSSR count). The Hall–Kier alpha value is -3.63. The summed E-state index contributed by atoms with van der Waals surface area (Å²) in [6.07, 6.45) is -8.95. The summed E-state index contributed by atoms with van der Waals surface area (Å²) < 4.78 is 42.5. The molecule has 2 aromatic heterocycles. The van der Waals surface area contributed by atoms with Crippen molar-refractivity contribution >= 4 is 23.2 Å². The molecule has 2 heterocycles. The maximum atomic E-state index is 13.4. The molecule has 0 fully saturated rings. The topological polar surface area (TPSA) is 122 Å². The van der Waals surface area contributed by atoms with E-state index in [4.69, 9.17) is 23.2 Å². The second kappa shape index (κ2) is 10.6. The third-order valence-electron chi connectivity index (χ3n) is 5.58. The minimum Gasteiger partial charge on any atom is -0.385 e. The van der Waals surface area contributed by atoms with Gasteiger partial charge in [-0.1, -0.05) is 41.4 Å². The van der Waals surface area contributed by atoms with Gasteiger partial charge in [0.25, 0.3) is 0 Å². The van der Waals surface area contributed by atoms with E-state index >= 15 is 0 Å². The van der Waals surface area contributed by atoms with Crippen LogP contribution < -0.4 is 5.69 Å². The second-order valence-electron chi connectivity index (χ2n) is 8.31. The molecular weight excluding hydrogens is 548 g/mol. The summed E-state index contributed by atoms with van der Waals surface area (Å²) in [4.78, 5) is 17.6. The summed E-state index contributed by atoms with van der Waals surface area (Å²) in [6, 6.07) is 14.2. The number of aliphatic hydroxyl groups is 2. The first-order valence-electron chi connectivity index (χ1n) is 11.0. The molecule has 198 valence electrons. The third kappa shape index (κ3) is 5.46. The van der Waals surface area contributed by atoms with Crippen LogP contribution in [0.15, 0.2) is 53.3 Å². The average molecular weight is 567 g/mol. The lowest BCUT2D eigenvalue weighted by molar-refractivity contribution is -0.207. The highest BCUT2D eigenvalue weighted by Crippen LogP contribution is 2.28. The van der Waals surface area contributed by atoms with Crippen LogP contribution in [0.2, 0.25) is 10.0 Å². The lowest BCUT2D eigenvalue weighted by atomic mass is 10.1. The molecule has 9 nitrogen and oxygen atoms in total. The number of imidazole rings is 1. The van der Waals surface area contributed by atoms with Crippen LogP contribution in [0.1, 0.15) is 30.4 Å². The van der Waals surface area contributed by atoms with Crippen molar-refractivity contribution in [1.29, 1.82) is 5.26 Å². The second-order valence-corrected chi connectivity index (χ2v) is 9.18. The molecule has 2 aromatic carbocycles. The van der Waals surface area contributed by atoms with Crippen LogP contribution in [0.4, 0.5) is 13.2 Å². The van der Waals surface area contributed by atoms with Crippen molar-refractivity contribution in [2.45, 2.75) is 38.4 Å². The Labute approximate surface area is 223 Å². The van der Waals surface area contributed by atoms with E-state index in [1.165, 1.54) is 35.9 Å². The van der Waals surface area contributed by atoms with Crippen LogP contribution >= 0.6 is 23.2 Å². The van der Waals surface area contributed by atoms with Crippen molar-refractivity contribution < 1.29 is 23.4 Å². The maximum absolute atomic E-state index is 13.4. The van der Waals surface area contributed by atoms with Crippen molar-refractivity contribution in [2.24, 2.45) is 0 Å². The van der Waals surface area contributed by atoms with Crippen LogP contribution in [0.3, 0.4) is 0 Å². The van der Waals surface area contributed by atoms with E-state index in [2.05, 4.69) is 10.1 Å². The summed E-state index contributed by atoms with van der Waals surface area (Å²) in [6.45, 7) is -0.106. The fourth-order valence-corrected chi connectivity index (χ4v) is 4.15. The quantitative estimate of drug-likeness (QED) is 0.347. The van der Waals surface area contributed by atoms with E-state index < -0.39 is 37.2 Å². The van der Waals surface area contributed by atoms with E-state index in [9.17, 15) is 33.4 Å². The summed E-state index contributed by atoms with van der Waals surface area (Å²) in [5, 5.41) is 35.0. The van der Waals surface area contributed by atoms with Gasteiger partial charge in [-0.2, -0.15) is 18.4 Å². The third-order valence-corrected chi connectivity index (χ3v) is 6.07. The zero-order valence-electron chi connectivity index (χ0n) is 19.6. The Balaban J connectivity index is 1.87. The number of benzene rings is 2. The Morgan fingerprint density at radius 1 is 1.08 bits per heavy atom. The predicted molar refractivity (Wildman–Crippen MR) is 132 cm³/mol. The number of alkyl halides is 3. The number of halogens is 5. The van der Waals surface area contributed by atoms with Gasteiger partial charge in [-0.25, -0.2) is 14.5 Å². The van der Waals surface area contributed by atoms with E-state index in [-0.39, 0.29) is 28.6 Å². The number of hydrogen-bond donors (Lipinski definition) is 2. The van der Waals surface area contributed by atoms with Gasteiger partial charge in [0.15, 0.2) is 17.8 Å². The Morgan fingerprint density at radius 3 is 2.34 bits per heavy atom. The Kier molecular flexibility index (Phi) is 7.66. The standard InChI is InChI=1S/C24H19Cl2F3N6O3/c1-13(36)22-31-20(32-35(22)17-4-2-3-16(26)9-17)12-33-18(10-30)21(14-5-7-15(25)8-6-14)34(23(33)38)11-19(37)24(27,28)29/h2-9,13,19,36-37H,11-12H2,1H3/t13-,19?/m0/s1. The molecule has 1 unspecified atom stereocenters. The first kappa shape index (κ1) is 27.4. The van der Waals surface area contributed by atoms with Crippen LogP contribution in [0.25, 0.3) is 16.9 Å². The molecule has 2 atom stereocenters. The van der Waals surface area contributed by atoms with E-state index in [1.54, 1.807) is 24.3 Å². The highest BCUT2D eigenvalue weighted by Gasteiger charge is 2.39. The van der Waals surface area contributed by atoms with E-state index in [1.807, 2.05) is 6.07 Å². The number of aromatic nitrogens is 5. The van der Waals surface area contributed by atoms with Gasteiger partial charge in [-0.15, -0.1) is 5.10 Å². The lowest BCUT2D eigenvalue weighted by Crippen LogP contribution is -2.37. The minimum atomic E-state index is -5.00. The molecule has 0 radical (unpaired) electrons.